The van der Waals surface area contributed by atoms with Crippen LogP contribution in [0.3, 0.4) is 0 Å². The van der Waals surface area contributed by atoms with Crippen LogP contribution in [0.1, 0.15) is 51.5 Å². The highest BCUT2D eigenvalue weighted by molar-refractivity contribution is 6.03. The Morgan fingerprint density at radius 2 is 1.50 bits per heavy atom. The van der Waals surface area contributed by atoms with E-state index in [0.717, 1.165) is 36.9 Å². The molecule has 0 spiro atoms. The van der Waals surface area contributed by atoms with Crippen molar-refractivity contribution < 1.29 is 9.59 Å². The van der Waals surface area contributed by atoms with Crippen molar-refractivity contribution in [2.24, 2.45) is 0 Å². The highest BCUT2D eigenvalue weighted by Gasteiger charge is 2.39. The van der Waals surface area contributed by atoms with Crippen LogP contribution in [-0.4, -0.2) is 23.4 Å². The van der Waals surface area contributed by atoms with Crippen LogP contribution >= 0.6 is 0 Å². The molecule has 1 aliphatic rings. The molecular weight excluding hydrogens is 348 g/mol. The van der Waals surface area contributed by atoms with Crippen LogP contribution in [0.5, 0.6) is 0 Å². The predicted octanol–water partition coefficient (Wildman–Crippen LogP) is 4.49. The molecule has 0 saturated heterocycles. The molecule has 0 aromatic heterocycles. The monoisotopic (exact) mass is 378 g/mol. The summed E-state index contributed by atoms with van der Waals surface area (Å²) in [5.74, 6) is -0.175. The van der Waals surface area contributed by atoms with Gasteiger partial charge in [-0.2, -0.15) is 0 Å². The average Bonchev–Trinajstić information content (AvgIpc) is 2.70. The van der Waals surface area contributed by atoms with Crippen molar-refractivity contribution in [3.8, 4) is 0 Å². The van der Waals surface area contributed by atoms with Gasteiger partial charge >= 0.3 is 0 Å². The molecular formula is C24H30N2O2. The van der Waals surface area contributed by atoms with E-state index in [1.807, 2.05) is 74.5 Å². The Balaban J connectivity index is 1.84. The maximum atomic E-state index is 13.3. The van der Waals surface area contributed by atoms with Gasteiger partial charge in [0.2, 0.25) is 11.8 Å². The van der Waals surface area contributed by atoms with Crippen molar-refractivity contribution in [1.29, 1.82) is 0 Å². The van der Waals surface area contributed by atoms with Gasteiger partial charge in [0.15, 0.2) is 0 Å². The minimum absolute atomic E-state index is 0.0822. The number of carbonyl (C=O) groups is 2. The number of hydrogen-bond acceptors (Lipinski definition) is 2. The van der Waals surface area contributed by atoms with E-state index < -0.39 is 5.54 Å². The second kappa shape index (κ2) is 9.05. The van der Waals surface area contributed by atoms with Gasteiger partial charge < -0.3 is 5.32 Å². The van der Waals surface area contributed by atoms with Crippen molar-refractivity contribution in [3.05, 3.63) is 66.2 Å². The highest BCUT2D eigenvalue weighted by Crippen LogP contribution is 2.27. The molecule has 4 nitrogen and oxygen atoms in total. The van der Waals surface area contributed by atoms with E-state index in [1.165, 1.54) is 6.42 Å². The van der Waals surface area contributed by atoms with Gasteiger partial charge in [-0.15, -0.1) is 0 Å². The number of amides is 2. The highest BCUT2D eigenvalue weighted by atomic mass is 16.2. The van der Waals surface area contributed by atoms with Crippen LogP contribution in [0.2, 0.25) is 0 Å². The number of nitrogens with one attached hydrogen (secondary N) is 1. The Kier molecular flexibility index (Phi) is 6.50. The number of para-hydroxylation sites is 1. The summed E-state index contributed by atoms with van der Waals surface area (Å²) in [5.41, 5.74) is 0.703. The van der Waals surface area contributed by atoms with Gasteiger partial charge in [0.25, 0.3) is 0 Å². The summed E-state index contributed by atoms with van der Waals surface area (Å²) in [4.78, 5) is 28.2. The van der Waals surface area contributed by atoms with Crippen LogP contribution in [-0.2, 0) is 16.0 Å². The maximum absolute atomic E-state index is 13.3. The molecule has 1 N–H and O–H groups in total. The Hall–Kier alpha value is -2.62. The maximum Gasteiger partial charge on any atom is 0.246 e. The second-order valence-corrected chi connectivity index (χ2v) is 8.09. The first-order valence-corrected chi connectivity index (χ1v) is 10.2. The molecule has 0 heterocycles. The molecule has 0 aliphatic heterocycles. The molecule has 0 bridgehead atoms. The van der Waals surface area contributed by atoms with E-state index in [1.54, 1.807) is 4.90 Å². The van der Waals surface area contributed by atoms with E-state index in [0.29, 0.717) is 0 Å². The Labute approximate surface area is 167 Å². The third kappa shape index (κ3) is 4.80. The number of anilines is 1. The summed E-state index contributed by atoms with van der Waals surface area (Å²) in [6, 6.07) is 19.4. The molecule has 1 fully saturated rings. The summed E-state index contributed by atoms with van der Waals surface area (Å²) in [6.45, 7) is 3.67. The number of rotatable bonds is 6. The Morgan fingerprint density at radius 1 is 0.929 bits per heavy atom. The summed E-state index contributed by atoms with van der Waals surface area (Å²) < 4.78 is 0. The average molecular weight is 379 g/mol. The number of nitrogens with zero attached hydrogens (tertiary/aromatic N) is 1. The number of benzene rings is 2. The molecule has 0 atom stereocenters. The zero-order valence-electron chi connectivity index (χ0n) is 16.9. The molecule has 148 valence electrons. The topological polar surface area (TPSA) is 49.4 Å². The van der Waals surface area contributed by atoms with Gasteiger partial charge in [0.1, 0.15) is 5.54 Å². The summed E-state index contributed by atoms with van der Waals surface area (Å²) in [5, 5.41) is 3.20. The van der Waals surface area contributed by atoms with Crippen molar-refractivity contribution in [1.82, 2.24) is 5.32 Å². The summed E-state index contributed by atoms with van der Waals surface area (Å²) in [6.07, 6.45) is 5.84. The number of carbonyl (C=O) groups excluding carboxylic acids is 2. The molecule has 2 aromatic rings. The van der Waals surface area contributed by atoms with Crippen molar-refractivity contribution in [3.63, 3.8) is 0 Å². The third-order valence-corrected chi connectivity index (χ3v) is 5.52. The first-order valence-electron chi connectivity index (χ1n) is 10.2. The van der Waals surface area contributed by atoms with Crippen molar-refractivity contribution in [2.75, 3.05) is 4.90 Å². The molecule has 2 amide bonds. The van der Waals surface area contributed by atoms with E-state index in [-0.39, 0.29) is 24.3 Å². The minimum Gasteiger partial charge on any atom is -0.351 e. The van der Waals surface area contributed by atoms with Crippen molar-refractivity contribution in [2.45, 2.75) is 64.0 Å². The van der Waals surface area contributed by atoms with E-state index in [9.17, 15) is 9.59 Å². The van der Waals surface area contributed by atoms with Crippen LogP contribution in [0, 0.1) is 0 Å². The van der Waals surface area contributed by atoms with E-state index in [2.05, 4.69) is 5.32 Å². The van der Waals surface area contributed by atoms with Gasteiger partial charge in [-0.05, 0) is 44.4 Å². The molecule has 1 aliphatic carbocycles. The fraction of sp³-hybridized carbons (Fsp3) is 0.417. The normalized spacial score (nSPS) is 15.1. The zero-order valence-corrected chi connectivity index (χ0v) is 16.9. The summed E-state index contributed by atoms with van der Waals surface area (Å²) >= 11 is 0. The SMILES string of the molecule is CC(C)(C(=O)NC1CCCCC1)N(C(=O)Cc1ccccc1)c1ccccc1. The lowest BCUT2D eigenvalue weighted by Crippen LogP contribution is -2.59. The van der Waals surface area contributed by atoms with Crippen LogP contribution in [0.25, 0.3) is 0 Å². The second-order valence-electron chi connectivity index (χ2n) is 8.09. The van der Waals surface area contributed by atoms with Gasteiger partial charge in [0, 0.05) is 11.7 Å². The van der Waals surface area contributed by atoms with E-state index >= 15 is 0 Å². The smallest absolute Gasteiger partial charge is 0.246 e. The lowest BCUT2D eigenvalue weighted by molar-refractivity contribution is -0.130. The Morgan fingerprint density at radius 3 is 2.11 bits per heavy atom. The largest absolute Gasteiger partial charge is 0.351 e. The molecule has 0 radical (unpaired) electrons. The minimum atomic E-state index is -0.981. The summed E-state index contributed by atoms with van der Waals surface area (Å²) in [7, 11) is 0. The molecule has 2 aromatic carbocycles. The predicted molar refractivity (Wildman–Crippen MR) is 113 cm³/mol. The first-order chi connectivity index (χ1) is 13.5. The molecule has 28 heavy (non-hydrogen) atoms. The molecule has 1 saturated carbocycles. The van der Waals surface area contributed by atoms with Gasteiger partial charge in [0.05, 0.1) is 6.42 Å². The standard InChI is InChI=1S/C24H30N2O2/c1-24(2,23(28)25-20-14-8-4-9-15-20)26(21-16-10-5-11-17-21)22(27)18-19-12-6-3-7-13-19/h3,5-7,10-13,16-17,20H,4,8-9,14-15,18H2,1-2H3,(H,25,28). The van der Waals surface area contributed by atoms with Crippen LogP contribution in [0.15, 0.2) is 60.7 Å². The van der Waals surface area contributed by atoms with Crippen LogP contribution < -0.4 is 10.2 Å². The lowest BCUT2D eigenvalue weighted by atomic mass is 9.93. The fourth-order valence-corrected chi connectivity index (χ4v) is 3.92. The fourth-order valence-electron chi connectivity index (χ4n) is 3.92. The quantitative estimate of drug-likeness (QED) is 0.805. The molecule has 4 heteroatoms. The Bertz CT molecular complexity index is 781. The third-order valence-electron chi connectivity index (χ3n) is 5.52. The van der Waals surface area contributed by atoms with E-state index in [4.69, 9.17) is 0 Å². The van der Waals surface area contributed by atoms with Gasteiger partial charge in [-0.3, -0.25) is 14.5 Å². The van der Waals surface area contributed by atoms with Crippen molar-refractivity contribution >= 4 is 17.5 Å². The van der Waals surface area contributed by atoms with Gasteiger partial charge in [-0.25, -0.2) is 0 Å². The first kappa shape index (κ1) is 20.1. The molecule has 3 rings (SSSR count). The van der Waals surface area contributed by atoms with Gasteiger partial charge in [-0.1, -0.05) is 67.8 Å². The molecule has 0 unspecified atom stereocenters. The zero-order chi connectivity index (χ0) is 20.0. The number of hydrogen-bond donors (Lipinski definition) is 1. The lowest BCUT2D eigenvalue weighted by Gasteiger charge is -2.39. The van der Waals surface area contributed by atoms with Crippen LogP contribution in [0.4, 0.5) is 5.69 Å².